The Balaban J connectivity index is 1.86. The summed E-state index contributed by atoms with van der Waals surface area (Å²) >= 11 is 0. The standard InChI is InChI=1S/C21H26N2O4S/c1-14(16-9-8-15-6-4-5-7-17(15)12-16)23-28(25,26)18-10-11-20(27-3)19(13-18)21(24)22-2/h8-14,23H,4-7H2,1-3H3,(H,22,24). The van der Waals surface area contributed by atoms with Gasteiger partial charge in [0.25, 0.3) is 5.91 Å². The normalized spacial score (nSPS) is 14.8. The number of nitrogens with one attached hydrogen (secondary N) is 2. The van der Waals surface area contributed by atoms with Crippen molar-refractivity contribution < 1.29 is 17.9 Å². The van der Waals surface area contributed by atoms with Crippen LogP contribution in [-0.4, -0.2) is 28.5 Å². The number of hydrogen-bond acceptors (Lipinski definition) is 4. The van der Waals surface area contributed by atoms with E-state index in [0.29, 0.717) is 5.75 Å². The zero-order chi connectivity index (χ0) is 20.3. The largest absolute Gasteiger partial charge is 0.496 e. The van der Waals surface area contributed by atoms with Gasteiger partial charge in [-0.15, -0.1) is 0 Å². The summed E-state index contributed by atoms with van der Waals surface area (Å²) in [5.74, 6) is -0.0855. The first-order valence-corrected chi connectivity index (χ1v) is 10.9. The number of amides is 1. The van der Waals surface area contributed by atoms with Crippen LogP contribution >= 0.6 is 0 Å². The number of fused-ring (bicyclic) bond motifs is 1. The minimum Gasteiger partial charge on any atom is -0.496 e. The molecule has 1 amide bonds. The smallest absolute Gasteiger partial charge is 0.254 e. The maximum Gasteiger partial charge on any atom is 0.254 e. The topological polar surface area (TPSA) is 84.5 Å². The molecule has 0 aromatic heterocycles. The second kappa shape index (κ2) is 8.32. The Labute approximate surface area is 166 Å². The van der Waals surface area contributed by atoms with Crippen LogP contribution in [0.15, 0.2) is 41.3 Å². The van der Waals surface area contributed by atoms with Gasteiger partial charge in [-0.05, 0) is 67.5 Å². The molecule has 3 rings (SSSR count). The number of carbonyl (C=O) groups is 1. The number of hydrogen-bond donors (Lipinski definition) is 2. The van der Waals surface area contributed by atoms with E-state index in [9.17, 15) is 13.2 Å². The number of sulfonamides is 1. The molecule has 0 fully saturated rings. The third-order valence-electron chi connectivity index (χ3n) is 5.16. The number of benzene rings is 2. The van der Waals surface area contributed by atoms with Crippen LogP contribution in [0.4, 0.5) is 0 Å². The van der Waals surface area contributed by atoms with Crippen molar-refractivity contribution >= 4 is 15.9 Å². The second-order valence-corrected chi connectivity index (χ2v) is 8.73. The molecule has 0 heterocycles. The van der Waals surface area contributed by atoms with Crippen molar-refractivity contribution in [3.63, 3.8) is 0 Å². The fourth-order valence-corrected chi connectivity index (χ4v) is 4.82. The van der Waals surface area contributed by atoms with Crippen LogP contribution in [0.2, 0.25) is 0 Å². The zero-order valence-corrected chi connectivity index (χ0v) is 17.2. The number of carbonyl (C=O) groups excluding carboxylic acids is 1. The van der Waals surface area contributed by atoms with Crippen molar-refractivity contribution in [2.45, 2.75) is 43.5 Å². The van der Waals surface area contributed by atoms with Crippen molar-refractivity contribution in [2.75, 3.05) is 14.2 Å². The molecule has 0 saturated heterocycles. The van der Waals surface area contributed by atoms with Gasteiger partial charge in [0.2, 0.25) is 10.0 Å². The molecular formula is C21H26N2O4S. The van der Waals surface area contributed by atoms with E-state index in [1.54, 1.807) is 0 Å². The summed E-state index contributed by atoms with van der Waals surface area (Å²) in [5, 5.41) is 2.50. The van der Waals surface area contributed by atoms with Gasteiger partial charge in [-0.2, -0.15) is 0 Å². The van der Waals surface area contributed by atoms with Crippen molar-refractivity contribution in [2.24, 2.45) is 0 Å². The van der Waals surface area contributed by atoms with Gasteiger partial charge in [0.1, 0.15) is 5.75 Å². The molecule has 0 bridgehead atoms. The van der Waals surface area contributed by atoms with Gasteiger partial charge in [-0.25, -0.2) is 13.1 Å². The average molecular weight is 403 g/mol. The molecule has 6 nitrogen and oxygen atoms in total. The van der Waals surface area contributed by atoms with E-state index in [4.69, 9.17) is 4.74 Å². The predicted octanol–water partition coefficient (Wildman–Crippen LogP) is 2.97. The lowest BCUT2D eigenvalue weighted by Crippen LogP contribution is -2.27. The lowest BCUT2D eigenvalue weighted by molar-refractivity contribution is 0.0960. The first-order chi connectivity index (χ1) is 13.4. The summed E-state index contributed by atoms with van der Waals surface area (Å²) in [5.41, 5.74) is 3.77. The Morgan fingerprint density at radius 2 is 1.79 bits per heavy atom. The van der Waals surface area contributed by atoms with Crippen molar-refractivity contribution in [3.8, 4) is 5.75 Å². The molecule has 0 radical (unpaired) electrons. The highest BCUT2D eigenvalue weighted by Crippen LogP contribution is 2.27. The molecule has 2 aromatic carbocycles. The lowest BCUT2D eigenvalue weighted by atomic mass is 9.89. The Kier molecular flexibility index (Phi) is 6.05. The molecule has 1 atom stereocenters. The summed E-state index contributed by atoms with van der Waals surface area (Å²) in [6.45, 7) is 1.82. The van der Waals surface area contributed by atoms with Gasteiger partial charge in [0, 0.05) is 13.1 Å². The highest BCUT2D eigenvalue weighted by atomic mass is 32.2. The third kappa shape index (κ3) is 4.20. The predicted molar refractivity (Wildman–Crippen MR) is 108 cm³/mol. The molecule has 0 aliphatic heterocycles. The number of ether oxygens (including phenoxy) is 1. The molecular weight excluding hydrogens is 376 g/mol. The van der Waals surface area contributed by atoms with Gasteiger partial charge < -0.3 is 10.1 Å². The van der Waals surface area contributed by atoms with Crippen LogP contribution in [0, 0.1) is 0 Å². The van der Waals surface area contributed by atoms with E-state index in [1.165, 1.54) is 56.3 Å². The molecule has 1 aliphatic carbocycles. The van der Waals surface area contributed by atoms with Crippen LogP contribution in [0.25, 0.3) is 0 Å². The summed E-state index contributed by atoms with van der Waals surface area (Å²) in [6, 6.07) is 10.1. The number of aryl methyl sites for hydroxylation is 2. The van der Waals surface area contributed by atoms with E-state index in [1.807, 2.05) is 13.0 Å². The molecule has 2 aromatic rings. The number of methoxy groups -OCH3 is 1. The summed E-state index contributed by atoms with van der Waals surface area (Å²) in [6.07, 6.45) is 4.50. The van der Waals surface area contributed by atoms with Gasteiger partial charge in [-0.3, -0.25) is 4.79 Å². The van der Waals surface area contributed by atoms with Crippen molar-refractivity contribution in [1.29, 1.82) is 0 Å². The SMILES string of the molecule is CNC(=O)c1cc(S(=O)(=O)NC(C)c2ccc3c(c2)CCCC3)ccc1OC. The van der Waals surface area contributed by atoms with E-state index in [2.05, 4.69) is 22.2 Å². The molecule has 1 unspecified atom stereocenters. The molecule has 2 N–H and O–H groups in total. The first kappa shape index (κ1) is 20.4. The maximum atomic E-state index is 12.9. The van der Waals surface area contributed by atoms with Crippen LogP contribution in [0.1, 0.15) is 52.9 Å². The zero-order valence-electron chi connectivity index (χ0n) is 16.4. The van der Waals surface area contributed by atoms with Crippen molar-refractivity contribution in [1.82, 2.24) is 10.0 Å². The van der Waals surface area contributed by atoms with Crippen LogP contribution in [0.5, 0.6) is 5.75 Å². The van der Waals surface area contributed by atoms with Crippen molar-refractivity contribution in [3.05, 3.63) is 58.7 Å². The first-order valence-electron chi connectivity index (χ1n) is 9.40. The second-order valence-electron chi connectivity index (χ2n) is 7.02. The minimum absolute atomic E-state index is 0.0247. The van der Waals surface area contributed by atoms with Crippen LogP contribution < -0.4 is 14.8 Å². The summed E-state index contributed by atoms with van der Waals surface area (Å²) in [7, 11) is -0.881. The summed E-state index contributed by atoms with van der Waals surface area (Å²) < 4.78 is 33.6. The fraction of sp³-hybridized carbons (Fsp3) is 0.381. The fourth-order valence-electron chi connectivity index (χ4n) is 3.56. The van der Waals surface area contributed by atoms with E-state index in [0.717, 1.165) is 18.4 Å². The Hall–Kier alpha value is -2.38. The lowest BCUT2D eigenvalue weighted by Gasteiger charge is -2.20. The summed E-state index contributed by atoms with van der Waals surface area (Å²) in [4.78, 5) is 12.1. The van der Waals surface area contributed by atoms with Gasteiger partial charge in [-0.1, -0.05) is 18.2 Å². The molecule has 0 saturated carbocycles. The number of rotatable bonds is 6. The highest BCUT2D eigenvalue weighted by molar-refractivity contribution is 7.89. The van der Waals surface area contributed by atoms with E-state index in [-0.39, 0.29) is 16.5 Å². The Morgan fingerprint density at radius 3 is 2.46 bits per heavy atom. The molecule has 1 aliphatic rings. The minimum atomic E-state index is -3.80. The maximum absolute atomic E-state index is 12.9. The average Bonchev–Trinajstić information content (AvgIpc) is 2.71. The highest BCUT2D eigenvalue weighted by Gasteiger charge is 2.22. The Bertz CT molecular complexity index is 986. The molecule has 28 heavy (non-hydrogen) atoms. The van der Waals surface area contributed by atoms with E-state index < -0.39 is 15.9 Å². The quantitative estimate of drug-likeness (QED) is 0.778. The van der Waals surface area contributed by atoms with Gasteiger partial charge >= 0.3 is 0 Å². The van der Waals surface area contributed by atoms with Gasteiger partial charge in [0.15, 0.2) is 0 Å². The van der Waals surface area contributed by atoms with Crippen LogP contribution in [0.3, 0.4) is 0 Å². The third-order valence-corrected chi connectivity index (χ3v) is 6.70. The molecule has 150 valence electrons. The van der Waals surface area contributed by atoms with Gasteiger partial charge in [0.05, 0.1) is 17.6 Å². The Morgan fingerprint density at radius 1 is 1.07 bits per heavy atom. The van der Waals surface area contributed by atoms with E-state index >= 15 is 0 Å². The molecule has 7 heteroatoms. The van der Waals surface area contributed by atoms with Crippen LogP contribution in [-0.2, 0) is 22.9 Å². The molecule has 0 spiro atoms. The monoisotopic (exact) mass is 402 g/mol.